The molecule has 1 fully saturated rings. The molecule has 0 unspecified atom stereocenters. The number of hydrogen-bond acceptors (Lipinski definition) is 6. The van der Waals surface area contributed by atoms with Crippen molar-refractivity contribution in [2.75, 3.05) is 25.1 Å². The maximum atomic E-state index is 12.8. The van der Waals surface area contributed by atoms with Gasteiger partial charge in [0.05, 0.1) is 25.5 Å². The van der Waals surface area contributed by atoms with Crippen LogP contribution in [0.5, 0.6) is 0 Å². The molecule has 2 heterocycles. The van der Waals surface area contributed by atoms with E-state index in [4.69, 9.17) is 4.52 Å². The molecule has 0 spiro atoms. The summed E-state index contributed by atoms with van der Waals surface area (Å²) in [6, 6.07) is 18.3. The van der Waals surface area contributed by atoms with E-state index < -0.39 is 5.41 Å². The van der Waals surface area contributed by atoms with Crippen molar-refractivity contribution in [1.82, 2.24) is 15.4 Å². The molecule has 2 aromatic carbocycles. The summed E-state index contributed by atoms with van der Waals surface area (Å²) >= 11 is 0. The minimum absolute atomic E-state index is 0.0498. The number of hydrogen-bond donors (Lipinski definition) is 2. The van der Waals surface area contributed by atoms with Crippen LogP contribution in [-0.4, -0.2) is 47.4 Å². The van der Waals surface area contributed by atoms with Crippen molar-refractivity contribution in [1.29, 1.82) is 0 Å². The smallest absolute Gasteiger partial charge is 0.241 e. The van der Waals surface area contributed by atoms with Crippen LogP contribution in [-0.2, 0) is 15.0 Å². The molecule has 2 N–H and O–H groups in total. The van der Waals surface area contributed by atoms with Crippen molar-refractivity contribution in [2.24, 2.45) is 0 Å². The van der Waals surface area contributed by atoms with E-state index in [-0.39, 0.29) is 36.6 Å². The third-order valence-corrected chi connectivity index (χ3v) is 5.53. The molecule has 8 nitrogen and oxygen atoms in total. The maximum Gasteiger partial charge on any atom is 0.241 e. The Morgan fingerprint density at radius 2 is 1.84 bits per heavy atom. The lowest BCUT2D eigenvalue weighted by Gasteiger charge is -2.22. The number of carbonyl (C=O) groups excluding carboxylic acids is 3. The number of rotatable bonds is 7. The van der Waals surface area contributed by atoms with E-state index in [1.165, 1.54) is 0 Å². The number of aromatic nitrogens is 1. The van der Waals surface area contributed by atoms with Crippen molar-refractivity contribution in [3.05, 3.63) is 83.0 Å². The van der Waals surface area contributed by atoms with Gasteiger partial charge in [-0.1, -0.05) is 67.5 Å². The molecule has 3 aromatic rings. The summed E-state index contributed by atoms with van der Waals surface area (Å²) in [4.78, 5) is 38.0. The van der Waals surface area contributed by atoms with Crippen LogP contribution in [0, 0.1) is 0 Å². The number of nitrogens with zero attached hydrogens (tertiary/aromatic N) is 2. The topological polar surface area (TPSA) is 105 Å². The quantitative estimate of drug-likeness (QED) is 0.556. The fourth-order valence-electron chi connectivity index (χ4n) is 3.59. The largest absolute Gasteiger partial charge is 0.342 e. The van der Waals surface area contributed by atoms with Crippen LogP contribution >= 0.6 is 0 Å². The average molecular weight is 432 g/mol. The van der Waals surface area contributed by atoms with Gasteiger partial charge in [-0.25, -0.2) is 0 Å². The number of amides is 2. The Balaban J connectivity index is 1.48. The molecule has 0 bridgehead atoms. The van der Waals surface area contributed by atoms with Crippen molar-refractivity contribution in [3.8, 4) is 0 Å². The zero-order valence-corrected chi connectivity index (χ0v) is 17.9. The highest BCUT2D eigenvalue weighted by molar-refractivity contribution is 6.09. The minimum atomic E-state index is -0.565. The van der Waals surface area contributed by atoms with E-state index in [1.807, 2.05) is 50.2 Å². The van der Waals surface area contributed by atoms with Gasteiger partial charge in [-0.15, -0.1) is 0 Å². The summed E-state index contributed by atoms with van der Waals surface area (Å²) in [5, 5.41) is 9.47. The fourth-order valence-corrected chi connectivity index (χ4v) is 3.59. The highest BCUT2D eigenvalue weighted by Gasteiger charge is 2.29. The first-order valence-corrected chi connectivity index (χ1v) is 10.3. The first-order chi connectivity index (χ1) is 15.3. The lowest BCUT2D eigenvalue weighted by molar-refractivity contribution is -0.119. The number of benzene rings is 2. The van der Waals surface area contributed by atoms with Crippen molar-refractivity contribution >= 4 is 23.5 Å². The van der Waals surface area contributed by atoms with E-state index in [0.717, 1.165) is 5.56 Å². The van der Waals surface area contributed by atoms with Gasteiger partial charge in [-0.3, -0.25) is 24.6 Å². The van der Waals surface area contributed by atoms with Gasteiger partial charge in [0.2, 0.25) is 17.7 Å². The van der Waals surface area contributed by atoms with Crippen LogP contribution in [0.3, 0.4) is 0 Å². The Kier molecular flexibility index (Phi) is 5.87. The van der Waals surface area contributed by atoms with Gasteiger partial charge < -0.3 is 9.84 Å². The van der Waals surface area contributed by atoms with Crippen molar-refractivity contribution in [2.45, 2.75) is 19.3 Å². The Labute approximate surface area is 185 Å². The van der Waals surface area contributed by atoms with Crippen molar-refractivity contribution < 1.29 is 18.9 Å². The Bertz CT molecular complexity index is 1150. The molecule has 164 valence electrons. The molecule has 1 saturated heterocycles. The second-order valence-corrected chi connectivity index (χ2v) is 8.27. The van der Waals surface area contributed by atoms with E-state index in [2.05, 4.69) is 15.8 Å². The van der Waals surface area contributed by atoms with Gasteiger partial charge in [0, 0.05) is 22.6 Å². The molecule has 32 heavy (non-hydrogen) atoms. The molecule has 0 aliphatic carbocycles. The van der Waals surface area contributed by atoms with Crippen LogP contribution in [0.2, 0.25) is 0 Å². The highest BCUT2D eigenvalue weighted by atomic mass is 16.5. The monoisotopic (exact) mass is 432 g/mol. The lowest BCUT2D eigenvalue weighted by Crippen LogP contribution is -2.32. The summed E-state index contributed by atoms with van der Waals surface area (Å²) in [7, 11) is 0. The van der Waals surface area contributed by atoms with Gasteiger partial charge in [0.25, 0.3) is 0 Å². The van der Waals surface area contributed by atoms with Gasteiger partial charge in [-0.05, 0) is 11.6 Å². The van der Waals surface area contributed by atoms with Crippen LogP contribution < -0.4 is 10.6 Å². The second-order valence-electron chi connectivity index (χ2n) is 8.27. The number of nitrogens with one attached hydrogen (secondary N) is 2. The maximum absolute atomic E-state index is 12.8. The molecule has 2 amide bonds. The molecular formula is C24H24N4O4. The van der Waals surface area contributed by atoms with Gasteiger partial charge in [0.15, 0.2) is 5.78 Å². The number of ketones is 1. The summed E-state index contributed by atoms with van der Waals surface area (Å²) in [6.45, 7) is 4.56. The molecule has 0 atom stereocenters. The summed E-state index contributed by atoms with van der Waals surface area (Å²) in [6.07, 6.45) is 0. The highest BCUT2D eigenvalue weighted by Crippen LogP contribution is 2.32. The molecule has 4 rings (SSSR count). The van der Waals surface area contributed by atoms with E-state index in [9.17, 15) is 14.4 Å². The molecule has 0 saturated carbocycles. The molecule has 0 radical (unpaired) electrons. The average Bonchev–Trinajstić information content (AvgIpc) is 3.43. The Morgan fingerprint density at radius 1 is 1.09 bits per heavy atom. The molecular weight excluding hydrogens is 408 g/mol. The predicted octanol–water partition coefficient (Wildman–Crippen LogP) is 2.56. The molecule has 1 aliphatic heterocycles. The lowest BCUT2D eigenvalue weighted by atomic mass is 9.80. The summed E-state index contributed by atoms with van der Waals surface area (Å²) in [5.41, 5.74) is 2.17. The molecule has 8 heteroatoms. The van der Waals surface area contributed by atoms with E-state index in [0.29, 0.717) is 23.5 Å². The zero-order chi connectivity index (χ0) is 22.7. The first kappa shape index (κ1) is 21.5. The van der Waals surface area contributed by atoms with Gasteiger partial charge in [-0.2, -0.15) is 0 Å². The summed E-state index contributed by atoms with van der Waals surface area (Å²) < 4.78 is 5.33. The van der Waals surface area contributed by atoms with Gasteiger partial charge >= 0.3 is 0 Å². The fraction of sp³-hybridized carbons (Fsp3) is 0.250. The normalized spacial score (nSPS) is 14.2. The van der Waals surface area contributed by atoms with Crippen LogP contribution in [0.25, 0.3) is 0 Å². The zero-order valence-electron chi connectivity index (χ0n) is 17.9. The van der Waals surface area contributed by atoms with Crippen LogP contribution in [0.1, 0.15) is 41.0 Å². The minimum Gasteiger partial charge on any atom is -0.342 e. The standard InChI is InChI=1S/C24H24N4O4/c1-24(2,18-10-6-9-17(11-18)23(31)16-7-4-3-5-8-16)19-12-22(32-27-19)26-21(30)14-28-13-20(29)25-15-28/h3-12H,13-15H2,1-2H3,(H,25,29)(H,26,30). The third-order valence-electron chi connectivity index (χ3n) is 5.53. The number of anilines is 1. The van der Waals surface area contributed by atoms with Crippen molar-refractivity contribution in [3.63, 3.8) is 0 Å². The third kappa shape index (κ3) is 4.60. The molecule has 1 aromatic heterocycles. The van der Waals surface area contributed by atoms with Crippen LogP contribution in [0.4, 0.5) is 5.88 Å². The van der Waals surface area contributed by atoms with E-state index in [1.54, 1.807) is 29.2 Å². The molecule has 1 aliphatic rings. The SMILES string of the molecule is CC(C)(c1cccc(C(=O)c2ccccc2)c1)c1cc(NC(=O)CN2CNC(=O)C2)on1. The number of carbonyl (C=O) groups is 3. The van der Waals surface area contributed by atoms with E-state index >= 15 is 0 Å². The summed E-state index contributed by atoms with van der Waals surface area (Å²) in [5.74, 6) is -0.216. The van der Waals surface area contributed by atoms with Crippen LogP contribution in [0.15, 0.2) is 65.2 Å². The Morgan fingerprint density at radius 3 is 2.56 bits per heavy atom. The Hall–Kier alpha value is -3.78. The second kappa shape index (κ2) is 8.76. The van der Waals surface area contributed by atoms with Gasteiger partial charge in [0.1, 0.15) is 0 Å². The predicted molar refractivity (Wildman–Crippen MR) is 118 cm³/mol. The first-order valence-electron chi connectivity index (χ1n) is 10.3.